The number of nitro benzene ring substituents is 1. The minimum Gasteiger partial charge on any atom is -0.481 e. The van der Waals surface area contributed by atoms with Crippen molar-refractivity contribution in [3.8, 4) is 0 Å². The molecule has 1 fully saturated rings. The van der Waals surface area contributed by atoms with Crippen molar-refractivity contribution in [1.82, 2.24) is 4.90 Å². The van der Waals surface area contributed by atoms with Gasteiger partial charge < -0.3 is 10.0 Å². The Hall–Kier alpha value is -2.44. The van der Waals surface area contributed by atoms with E-state index in [4.69, 9.17) is 0 Å². The van der Waals surface area contributed by atoms with Crippen LogP contribution in [0, 0.1) is 29.9 Å². The number of likely N-dealkylation sites (tertiary alicyclic amines) is 1. The summed E-state index contributed by atoms with van der Waals surface area (Å²) >= 11 is 0. The lowest BCUT2D eigenvalue weighted by atomic mass is 9.92. The number of hydrogen-bond acceptors (Lipinski definition) is 4. The number of amides is 1. The zero-order valence-corrected chi connectivity index (χ0v) is 13.4. The van der Waals surface area contributed by atoms with E-state index in [2.05, 4.69) is 0 Å². The van der Waals surface area contributed by atoms with Crippen LogP contribution in [-0.2, 0) is 4.79 Å². The van der Waals surface area contributed by atoms with Gasteiger partial charge in [0.05, 0.1) is 10.8 Å². The summed E-state index contributed by atoms with van der Waals surface area (Å²) in [5, 5.41) is 20.3. The monoisotopic (exact) mass is 320 g/mol. The molecule has 1 aromatic rings. The van der Waals surface area contributed by atoms with E-state index in [1.165, 1.54) is 11.0 Å². The number of rotatable bonds is 3. The van der Waals surface area contributed by atoms with Crippen molar-refractivity contribution in [1.29, 1.82) is 0 Å². The van der Waals surface area contributed by atoms with Gasteiger partial charge in [-0.1, -0.05) is 0 Å². The smallest absolute Gasteiger partial charge is 0.308 e. The van der Waals surface area contributed by atoms with Crippen LogP contribution in [0.1, 0.15) is 41.3 Å². The van der Waals surface area contributed by atoms with Crippen LogP contribution in [0.25, 0.3) is 0 Å². The molecule has 1 amide bonds. The first-order valence-corrected chi connectivity index (χ1v) is 7.51. The van der Waals surface area contributed by atoms with Gasteiger partial charge >= 0.3 is 5.97 Å². The summed E-state index contributed by atoms with van der Waals surface area (Å²) in [5.41, 5.74) is 1.32. The topological polar surface area (TPSA) is 101 Å². The number of nitrogens with zero attached hydrogens (tertiary/aromatic N) is 2. The third-order valence-corrected chi connectivity index (χ3v) is 4.46. The van der Waals surface area contributed by atoms with Crippen molar-refractivity contribution in [2.75, 3.05) is 6.54 Å². The highest BCUT2D eigenvalue weighted by molar-refractivity contribution is 5.97. The number of piperidine rings is 1. The number of aliphatic carboxylic acids is 1. The van der Waals surface area contributed by atoms with Crippen LogP contribution in [0.2, 0.25) is 0 Å². The van der Waals surface area contributed by atoms with Gasteiger partial charge in [-0.25, -0.2) is 0 Å². The normalized spacial score (nSPS) is 21.1. The maximum Gasteiger partial charge on any atom is 0.308 e. The van der Waals surface area contributed by atoms with Crippen LogP contribution < -0.4 is 0 Å². The highest BCUT2D eigenvalue weighted by atomic mass is 16.6. The number of carboxylic acid groups (broad SMARTS) is 1. The summed E-state index contributed by atoms with van der Waals surface area (Å²) in [6.45, 7) is 5.36. The molecule has 1 heterocycles. The minimum atomic E-state index is -0.915. The fourth-order valence-electron chi connectivity index (χ4n) is 3.01. The Morgan fingerprint density at radius 2 is 1.91 bits per heavy atom. The van der Waals surface area contributed by atoms with Crippen LogP contribution >= 0.6 is 0 Å². The van der Waals surface area contributed by atoms with Gasteiger partial charge in [0.2, 0.25) is 0 Å². The zero-order chi connectivity index (χ0) is 17.3. The second-order valence-electron chi connectivity index (χ2n) is 6.13. The summed E-state index contributed by atoms with van der Waals surface area (Å²) in [7, 11) is 0. The van der Waals surface area contributed by atoms with Gasteiger partial charge in [-0.2, -0.15) is 0 Å². The molecule has 7 heteroatoms. The molecule has 23 heavy (non-hydrogen) atoms. The molecule has 1 aliphatic heterocycles. The SMILES string of the molecule is Cc1cc(C)c([N+](=O)[O-])cc1C(=O)N1CC(C(=O)O)CCC1C. The number of aryl methyl sites for hydroxylation is 2. The highest BCUT2D eigenvalue weighted by Gasteiger charge is 2.34. The number of carboxylic acids is 1. The van der Waals surface area contributed by atoms with Gasteiger partial charge in [-0.3, -0.25) is 19.7 Å². The lowest BCUT2D eigenvalue weighted by Gasteiger charge is -2.36. The molecule has 1 aromatic carbocycles. The Kier molecular flexibility index (Phi) is 4.68. The molecule has 2 rings (SSSR count). The molecule has 2 unspecified atom stereocenters. The number of hydrogen-bond donors (Lipinski definition) is 1. The number of nitro groups is 1. The summed E-state index contributed by atoms with van der Waals surface area (Å²) in [4.78, 5) is 36.1. The maximum absolute atomic E-state index is 12.8. The van der Waals surface area contributed by atoms with E-state index in [1.54, 1.807) is 19.9 Å². The van der Waals surface area contributed by atoms with Crippen molar-refractivity contribution < 1.29 is 19.6 Å². The second kappa shape index (κ2) is 6.36. The third-order valence-electron chi connectivity index (χ3n) is 4.46. The van der Waals surface area contributed by atoms with Gasteiger partial charge in [0, 0.05) is 29.8 Å². The minimum absolute atomic E-state index is 0.0853. The molecule has 0 radical (unpaired) electrons. The highest BCUT2D eigenvalue weighted by Crippen LogP contribution is 2.28. The van der Waals surface area contributed by atoms with Crippen molar-refractivity contribution >= 4 is 17.6 Å². The van der Waals surface area contributed by atoms with Gasteiger partial charge in [0.15, 0.2) is 0 Å². The Labute approximate surface area is 134 Å². The zero-order valence-electron chi connectivity index (χ0n) is 13.4. The Bertz CT molecular complexity index is 671. The maximum atomic E-state index is 12.8. The van der Waals surface area contributed by atoms with Crippen LogP contribution in [-0.4, -0.2) is 39.4 Å². The lowest BCUT2D eigenvalue weighted by molar-refractivity contribution is -0.385. The lowest BCUT2D eigenvalue weighted by Crippen LogP contribution is -2.47. The number of carbonyl (C=O) groups is 2. The molecule has 2 atom stereocenters. The average molecular weight is 320 g/mol. The van der Waals surface area contributed by atoms with E-state index >= 15 is 0 Å². The van der Waals surface area contributed by atoms with Crippen LogP contribution in [0.5, 0.6) is 0 Å². The van der Waals surface area contributed by atoms with Crippen molar-refractivity contribution in [2.24, 2.45) is 5.92 Å². The van der Waals surface area contributed by atoms with Crippen LogP contribution in [0.4, 0.5) is 5.69 Å². The van der Waals surface area contributed by atoms with E-state index in [0.29, 0.717) is 24.0 Å². The molecule has 1 N–H and O–H groups in total. The Morgan fingerprint density at radius 3 is 2.48 bits per heavy atom. The molecule has 124 valence electrons. The van der Waals surface area contributed by atoms with Crippen molar-refractivity contribution in [3.05, 3.63) is 38.9 Å². The second-order valence-corrected chi connectivity index (χ2v) is 6.13. The fraction of sp³-hybridized carbons (Fsp3) is 0.500. The standard InChI is InChI=1S/C16H20N2O5/c1-9-6-10(2)14(18(22)23)7-13(9)15(19)17-8-12(16(20)21)5-4-11(17)3/h6-7,11-12H,4-5,8H2,1-3H3,(H,20,21). The quantitative estimate of drug-likeness (QED) is 0.681. The van der Waals surface area contributed by atoms with Gasteiger partial charge in [-0.05, 0) is 45.2 Å². The van der Waals surface area contributed by atoms with Crippen molar-refractivity contribution in [2.45, 2.75) is 39.7 Å². The predicted octanol–water partition coefficient (Wildman–Crippen LogP) is 2.54. The molecular weight excluding hydrogens is 300 g/mol. The summed E-state index contributed by atoms with van der Waals surface area (Å²) in [6.07, 6.45) is 1.14. The van der Waals surface area contributed by atoms with E-state index in [0.717, 1.165) is 0 Å². The van der Waals surface area contributed by atoms with E-state index in [9.17, 15) is 24.8 Å². The summed E-state index contributed by atoms with van der Waals surface area (Å²) in [5.74, 6) is -1.85. The molecule has 0 saturated carbocycles. The van der Waals surface area contributed by atoms with E-state index in [-0.39, 0.29) is 29.7 Å². The van der Waals surface area contributed by atoms with E-state index in [1.807, 2.05) is 6.92 Å². The number of benzene rings is 1. The summed E-state index contributed by atoms with van der Waals surface area (Å²) < 4.78 is 0. The first kappa shape index (κ1) is 16.9. The van der Waals surface area contributed by atoms with Crippen LogP contribution in [0.15, 0.2) is 12.1 Å². The van der Waals surface area contributed by atoms with Gasteiger partial charge in [0.1, 0.15) is 0 Å². The summed E-state index contributed by atoms with van der Waals surface area (Å²) in [6, 6.07) is 2.83. The first-order chi connectivity index (χ1) is 10.7. The first-order valence-electron chi connectivity index (χ1n) is 7.51. The fourth-order valence-corrected chi connectivity index (χ4v) is 3.01. The molecular formula is C16H20N2O5. The Morgan fingerprint density at radius 1 is 1.26 bits per heavy atom. The number of carbonyl (C=O) groups excluding carboxylic acids is 1. The molecule has 1 saturated heterocycles. The molecule has 0 aromatic heterocycles. The van der Waals surface area contributed by atoms with Gasteiger partial charge in [0.25, 0.3) is 11.6 Å². The Balaban J connectivity index is 2.37. The molecule has 0 spiro atoms. The molecule has 0 bridgehead atoms. The van der Waals surface area contributed by atoms with Crippen LogP contribution in [0.3, 0.4) is 0 Å². The molecule has 1 aliphatic rings. The third kappa shape index (κ3) is 3.33. The average Bonchev–Trinajstić information content (AvgIpc) is 2.46. The largest absolute Gasteiger partial charge is 0.481 e. The van der Waals surface area contributed by atoms with Crippen molar-refractivity contribution in [3.63, 3.8) is 0 Å². The molecule has 7 nitrogen and oxygen atoms in total. The van der Waals surface area contributed by atoms with Gasteiger partial charge in [-0.15, -0.1) is 0 Å². The molecule has 0 aliphatic carbocycles. The van der Waals surface area contributed by atoms with E-state index < -0.39 is 16.8 Å². The predicted molar refractivity (Wildman–Crippen MR) is 83.4 cm³/mol.